The van der Waals surface area contributed by atoms with E-state index in [9.17, 15) is 4.79 Å². The molecule has 2 fully saturated rings. The van der Waals surface area contributed by atoms with Crippen molar-refractivity contribution in [1.82, 2.24) is 24.6 Å². The standard InChI is InChI=1S/C19H32N6O/c1-20-18(23-13-15-7-2-3-8-16(15)14-23)21-10-6-12-25-19(26)24-11-5-4-9-17(24)22-25/h15-16H,2-14H2,1H3,(H,20,21). The molecule has 144 valence electrons. The molecule has 26 heavy (non-hydrogen) atoms. The summed E-state index contributed by atoms with van der Waals surface area (Å²) in [6.45, 7) is 4.63. The van der Waals surface area contributed by atoms with Crippen molar-refractivity contribution in [2.24, 2.45) is 16.8 Å². The van der Waals surface area contributed by atoms with Gasteiger partial charge in [-0.3, -0.25) is 9.56 Å². The summed E-state index contributed by atoms with van der Waals surface area (Å²) >= 11 is 0. The Balaban J connectivity index is 1.26. The monoisotopic (exact) mass is 360 g/mol. The molecule has 0 amide bonds. The Labute approximate surface area is 155 Å². The molecule has 3 aliphatic rings. The second kappa shape index (κ2) is 7.84. The normalized spacial score (nSPS) is 25.9. The van der Waals surface area contributed by atoms with Gasteiger partial charge >= 0.3 is 5.69 Å². The average Bonchev–Trinajstić information content (AvgIpc) is 3.23. The summed E-state index contributed by atoms with van der Waals surface area (Å²) in [5, 5.41) is 8.01. The number of rotatable bonds is 4. The Bertz CT molecular complexity index is 691. The molecule has 1 aromatic heterocycles. The molecule has 3 heterocycles. The maximum Gasteiger partial charge on any atom is 0.345 e. The van der Waals surface area contributed by atoms with E-state index in [1.807, 2.05) is 11.6 Å². The summed E-state index contributed by atoms with van der Waals surface area (Å²) in [6, 6.07) is 0. The molecule has 0 bridgehead atoms. The van der Waals surface area contributed by atoms with Crippen molar-refractivity contribution in [2.75, 3.05) is 26.7 Å². The molecule has 4 rings (SSSR count). The van der Waals surface area contributed by atoms with E-state index in [4.69, 9.17) is 0 Å². The SMILES string of the molecule is CN=C(NCCCn1nc2n(c1=O)CCCC2)N1CC2CCCCC2C1. The smallest absolute Gasteiger partial charge is 0.345 e. The quantitative estimate of drug-likeness (QED) is 0.502. The molecule has 2 atom stereocenters. The number of nitrogens with zero attached hydrogens (tertiary/aromatic N) is 5. The zero-order valence-corrected chi connectivity index (χ0v) is 16.0. The molecule has 1 N–H and O–H groups in total. The first kappa shape index (κ1) is 17.6. The van der Waals surface area contributed by atoms with Crippen LogP contribution in [0.1, 0.15) is 50.8 Å². The van der Waals surface area contributed by atoms with Crippen LogP contribution in [-0.2, 0) is 19.5 Å². The molecular formula is C19H32N6O. The number of hydrogen-bond donors (Lipinski definition) is 1. The van der Waals surface area contributed by atoms with Gasteiger partial charge in [0.2, 0.25) is 0 Å². The van der Waals surface area contributed by atoms with Crippen LogP contribution in [-0.4, -0.2) is 51.9 Å². The highest BCUT2D eigenvalue weighted by atomic mass is 16.2. The number of fused-ring (bicyclic) bond motifs is 2. The fourth-order valence-electron chi connectivity index (χ4n) is 4.93. The van der Waals surface area contributed by atoms with Crippen LogP contribution in [0.15, 0.2) is 9.79 Å². The van der Waals surface area contributed by atoms with E-state index in [0.29, 0.717) is 6.54 Å². The minimum atomic E-state index is 0.0627. The van der Waals surface area contributed by atoms with Crippen LogP contribution in [0, 0.1) is 11.8 Å². The van der Waals surface area contributed by atoms with Crippen molar-refractivity contribution in [3.05, 3.63) is 16.3 Å². The van der Waals surface area contributed by atoms with Gasteiger partial charge in [-0.15, -0.1) is 0 Å². The number of aryl methyl sites for hydroxylation is 2. The summed E-state index contributed by atoms with van der Waals surface area (Å²) in [5.41, 5.74) is 0.0627. The zero-order valence-electron chi connectivity index (χ0n) is 16.0. The van der Waals surface area contributed by atoms with E-state index >= 15 is 0 Å². The van der Waals surface area contributed by atoms with Crippen molar-refractivity contribution in [3.8, 4) is 0 Å². The molecular weight excluding hydrogens is 328 g/mol. The molecule has 7 nitrogen and oxygen atoms in total. The fraction of sp³-hybridized carbons (Fsp3) is 0.842. The molecule has 0 aromatic carbocycles. The van der Waals surface area contributed by atoms with Gasteiger partial charge < -0.3 is 10.2 Å². The summed E-state index contributed by atoms with van der Waals surface area (Å²) in [4.78, 5) is 19.3. The summed E-state index contributed by atoms with van der Waals surface area (Å²) < 4.78 is 3.50. The number of likely N-dealkylation sites (tertiary alicyclic amines) is 1. The van der Waals surface area contributed by atoms with Gasteiger partial charge in [0.15, 0.2) is 5.96 Å². The van der Waals surface area contributed by atoms with Crippen LogP contribution < -0.4 is 11.0 Å². The maximum atomic E-state index is 12.4. The molecule has 1 aliphatic carbocycles. The third kappa shape index (κ3) is 3.53. The van der Waals surface area contributed by atoms with E-state index in [-0.39, 0.29) is 5.69 Å². The lowest BCUT2D eigenvalue weighted by atomic mass is 9.82. The Morgan fingerprint density at radius 3 is 2.65 bits per heavy atom. The lowest BCUT2D eigenvalue weighted by molar-refractivity contribution is 0.299. The van der Waals surface area contributed by atoms with Gasteiger partial charge in [-0.1, -0.05) is 12.8 Å². The predicted molar refractivity (Wildman–Crippen MR) is 102 cm³/mol. The van der Waals surface area contributed by atoms with Gasteiger partial charge in [-0.2, -0.15) is 5.10 Å². The van der Waals surface area contributed by atoms with E-state index in [1.54, 1.807) is 4.68 Å². The van der Waals surface area contributed by atoms with Crippen molar-refractivity contribution in [3.63, 3.8) is 0 Å². The Kier molecular flexibility index (Phi) is 5.31. The highest BCUT2D eigenvalue weighted by molar-refractivity contribution is 5.80. The average molecular weight is 361 g/mol. The number of hydrogen-bond acceptors (Lipinski definition) is 3. The Morgan fingerprint density at radius 1 is 1.19 bits per heavy atom. The second-order valence-corrected chi connectivity index (χ2v) is 8.07. The van der Waals surface area contributed by atoms with Crippen LogP contribution in [0.2, 0.25) is 0 Å². The second-order valence-electron chi connectivity index (χ2n) is 8.07. The highest BCUT2D eigenvalue weighted by Crippen LogP contribution is 2.35. The number of aliphatic imine (C=N–C) groups is 1. The lowest BCUT2D eigenvalue weighted by Crippen LogP contribution is -2.41. The van der Waals surface area contributed by atoms with Crippen molar-refractivity contribution in [2.45, 2.75) is 64.5 Å². The fourth-order valence-corrected chi connectivity index (χ4v) is 4.93. The third-order valence-electron chi connectivity index (χ3n) is 6.35. The molecule has 0 spiro atoms. The number of nitrogens with one attached hydrogen (secondary N) is 1. The molecule has 1 saturated heterocycles. The summed E-state index contributed by atoms with van der Waals surface area (Å²) in [5.74, 6) is 3.70. The Hall–Kier alpha value is -1.79. The van der Waals surface area contributed by atoms with E-state index < -0.39 is 0 Å². The van der Waals surface area contributed by atoms with Gasteiger partial charge in [0.25, 0.3) is 0 Å². The van der Waals surface area contributed by atoms with E-state index in [1.165, 1.54) is 25.7 Å². The molecule has 7 heteroatoms. The summed E-state index contributed by atoms with van der Waals surface area (Å²) in [7, 11) is 1.87. The van der Waals surface area contributed by atoms with E-state index in [2.05, 4.69) is 20.3 Å². The number of guanidine groups is 1. The first-order valence-corrected chi connectivity index (χ1v) is 10.4. The van der Waals surface area contributed by atoms with Crippen LogP contribution in [0.3, 0.4) is 0 Å². The van der Waals surface area contributed by atoms with Crippen LogP contribution >= 0.6 is 0 Å². The highest BCUT2D eigenvalue weighted by Gasteiger charge is 2.35. The van der Waals surface area contributed by atoms with Crippen molar-refractivity contribution in [1.29, 1.82) is 0 Å². The van der Waals surface area contributed by atoms with Gasteiger partial charge in [0.1, 0.15) is 5.82 Å². The van der Waals surface area contributed by atoms with Gasteiger partial charge in [-0.25, -0.2) is 9.48 Å². The molecule has 1 saturated carbocycles. The minimum Gasteiger partial charge on any atom is -0.356 e. The first-order chi connectivity index (χ1) is 12.8. The third-order valence-corrected chi connectivity index (χ3v) is 6.35. The maximum absolute atomic E-state index is 12.4. The molecule has 2 aliphatic heterocycles. The molecule has 1 aromatic rings. The van der Waals surface area contributed by atoms with Crippen molar-refractivity contribution < 1.29 is 0 Å². The van der Waals surface area contributed by atoms with Gasteiger partial charge in [0.05, 0.1) is 0 Å². The van der Waals surface area contributed by atoms with Crippen LogP contribution in [0.5, 0.6) is 0 Å². The largest absolute Gasteiger partial charge is 0.356 e. The molecule has 0 radical (unpaired) electrons. The van der Waals surface area contributed by atoms with Gasteiger partial charge in [0, 0.05) is 46.2 Å². The van der Waals surface area contributed by atoms with Gasteiger partial charge in [-0.05, 0) is 43.9 Å². The molecule has 2 unspecified atom stereocenters. The van der Waals surface area contributed by atoms with Crippen LogP contribution in [0.25, 0.3) is 0 Å². The topological polar surface area (TPSA) is 67.5 Å². The minimum absolute atomic E-state index is 0.0627. The van der Waals surface area contributed by atoms with Crippen LogP contribution in [0.4, 0.5) is 0 Å². The van der Waals surface area contributed by atoms with Crippen molar-refractivity contribution >= 4 is 5.96 Å². The lowest BCUT2D eigenvalue weighted by Gasteiger charge is -2.22. The first-order valence-electron chi connectivity index (χ1n) is 10.4. The predicted octanol–water partition coefficient (Wildman–Crippen LogP) is 1.47. The zero-order chi connectivity index (χ0) is 17.9. The summed E-state index contributed by atoms with van der Waals surface area (Å²) in [6.07, 6.45) is 9.61. The Morgan fingerprint density at radius 2 is 1.96 bits per heavy atom. The number of aromatic nitrogens is 3. The van der Waals surface area contributed by atoms with E-state index in [0.717, 1.165) is 75.5 Å².